The zero-order chi connectivity index (χ0) is 15.8. The van der Waals surface area contributed by atoms with Crippen LogP contribution in [0.4, 0.5) is 5.69 Å². The zero-order valence-electron chi connectivity index (χ0n) is 14.7. The third-order valence-electron chi connectivity index (χ3n) is 3.97. The van der Waals surface area contributed by atoms with Gasteiger partial charge in [0.05, 0.1) is 17.6 Å². The van der Waals surface area contributed by atoms with Crippen LogP contribution < -0.4 is 10.2 Å². The first-order chi connectivity index (χ1) is 9.93. The largest absolute Gasteiger partial charge is 0.370 e. The maximum Gasteiger partial charge on any atom is 0.0571 e. The van der Waals surface area contributed by atoms with Gasteiger partial charge in [-0.3, -0.25) is 4.98 Å². The Bertz CT molecular complexity index is 372. The van der Waals surface area contributed by atoms with Crippen molar-refractivity contribution in [1.29, 1.82) is 0 Å². The van der Waals surface area contributed by atoms with Crippen molar-refractivity contribution < 1.29 is 0 Å². The smallest absolute Gasteiger partial charge is 0.0571 e. The molecule has 0 aliphatic rings. The quantitative estimate of drug-likeness (QED) is 0.737. The molecule has 0 saturated carbocycles. The zero-order valence-corrected chi connectivity index (χ0v) is 14.7. The van der Waals surface area contributed by atoms with Crippen molar-refractivity contribution in [3.05, 3.63) is 24.0 Å². The lowest BCUT2D eigenvalue weighted by molar-refractivity contribution is 0.534. The van der Waals surface area contributed by atoms with Crippen molar-refractivity contribution in [2.24, 2.45) is 11.8 Å². The Hall–Kier alpha value is -1.09. The van der Waals surface area contributed by atoms with Gasteiger partial charge in [0.15, 0.2) is 0 Å². The van der Waals surface area contributed by atoms with Gasteiger partial charge < -0.3 is 10.2 Å². The number of rotatable bonds is 9. The van der Waals surface area contributed by atoms with Crippen LogP contribution in [0, 0.1) is 11.8 Å². The van der Waals surface area contributed by atoms with Gasteiger partial charge in [0.25, 0.3) is 0 Å². The van der Waals surface area contributed by atoms with E-state index in [4.69, 9.17) is 0 Å². The van der Waals surface area contributed by atoms with Crippen LogP contribution in [0.25, 0.3) is 0 Å². The molecule has 0 aromatic carbocycles. The Morgan fingerprint density at radius 2 is 1.57 bits per heavy atom. The Labute approximate surface area is 131 Å². The fourth-order valence-electron chi connectivity index (χ4n) is 2.19. The average molecular weight is 291 g/mol. The molecular formula is C18H33N3. The molecule has 120 valence electrons. The topological polar surface area (TPSA) is 28.2 Å². The third kappa shape index (κ3) is 6.47. The van der Waals surface area contributed by atoms with Crippen molar-refractivity contribution in [2.75, 3.05) is 25.0 Å². The van der Waals surface area contributed by atoms with Crippen molar-refractivity contribution in [3.63, 3.8) is 0 Å². The van der Waals surface area contributed by atoms with Crippen molar-refractivity contribution in [1.82, 2.24) is 10.3 Å². The number of pyridine rings is 1. The molecule has 3 nitrogen and oxygen atoms in total. The molecule has 0 amide bonds. The van der Waals surface area contributed by atoms with Gasteiger partial charge in [0, 0.05) is 19.1 Å². The molecule has 1 heterocycles. The van der Waals surface area contributed by atoms with Crippen LogP contribution in [0.1, 0.15) is 59.2 Å². The summed E-state index contributed by atoms with van der Waals surface area (Å²) in [4.78, 5) is 7.11. The van der Waals surface area contributed by atoms with E-state index in [1.165, 1.54) is 18.5 Å². The van der Waals surface area contributed by atoms with E-state index < -0.39 is 0 Å². The van der Waals surface area contributed by atoms with E-state index in [1.54, 1.807) is 0 Å². The van der Waals surface area contributed by atoms with E-state index in [0.717, 1.165) is 30.6 Å². The number of nitrogens with zero attached hydrogens (tertiary/aromatic N) is 2. The van der Waals surface area contributed by atoms with E-state index in [0.29, 0.717) is 6.04 Å². The van der Waals surface area contributed by atoms with Crippen molar-refractivity contribution >= 4 is 5.69 Å². The first-order valence-corrected chi connectivity index (χ1v) is 8.32. The van der Waals surface area contributed by atoms with Gasteiger partial charge in [-0.1, -0.05) is 27.7 Å². The van der Waals surface area contributed by atoms with Crippen LogP contribution in [0.5, 0.6) is 0 Å². The van der Waals surface area contributed by atoms with Gasteiger partial charge in [0.2, 0.25) is 0 Å². The highest BCUT2D eigenvalue weighted by Gasteiger charge is 2.10. The minimum atomic E-state index is 0.304. The first kappa shape index (κ1) is 18.0. The third-order valence-corrected chi connectivity index (χ3v) is 3.97. The van der Waals surface area contributed by atoms with E-state index in [1.807, 2.05) is 13.2 Å². The molecule has 1 aromatic heterocycles. The molecule has 0 saturated heterocycles. The number of anilines is 1. The van der Waals surface area contributed by atoms with Crippen LogP contribution >= 0.6 is 0 Å². The number of hydrogen-bond acceptors (Lipinski definition) is 3. The summed E-state index contributed by atoms with van der Waals surface area (Å²) in [7, 11) is 1.97. The second kappa shape index (κ2) is 9.04. The SMILES string of the molecule is CNC(C)c1ccc(N(CCC(C)C)CCC(C)C)cn1. The Balaban J connectivity index is 2.75. The lowest BCUT2D eigenvalue weighted by Crippen LogP contribution is -2.27. The molecule has 0 radical (unpaired) electrons. The molecule has 21 heavy (non-hydrogen) atoms. The standard InChI is InChI=1S/C18H33N3/c1-14(2)9-11-21(12-10-15(3)4)17-7-8-18(20-13-17)16(5)19-6/h7-8,13-16,19H,9-12H2,1-6H3. The second-order valence-electron chi connectivity index (χ2n) is 6.80. The normalized spacial score (nSPS) is 13.0. The summed E-state index contributed by atoms with van der Waals surface area (Å²) in [6.45, 7) is 13.5. The van der Waals surface area contributed by atoms with Gasteiger partial charge >= 0.3 is 0 Å². The fraction of sp³-hybridized carbons (Fsp3) is 0.722. The first-order valence-electron chi connectivity index (χ1n) is 8.32. The fourth-order valence-corrected chi connectivity index (χ4v) is 2.19. The summed E-state index contributed by atoms with van der Waals surface area (Å²) in [5.41, 5.74) is 2.36. The molecule has 0 fully saturated rings. The molecule has 3 heteroatoms. The average Bonchev–Trinajstić information content (AvgIpc) is 2.46. The monoisotopic (exact) mass is 291 g/mol. The van der Waals surface area contributed by atoms with Crippen LogP contribution in [0.3, 0.4) is 0 Å². The Kier molecular flexibility index (Phi) is 7.73. The maximum absolute atomic E-state index is 4.62. The molecule has 0 spiro atoms. The summed E-state index contributed by atoms with van der Waals surface area (Å²) in [6.07, 6.45) is 4.49. The predicted molar refractivity (Wildman–Crippen MR) is 92.8 cm³/mol. The molecular weight excluding hydrogens is 258 g/mol. The summed E-state index contributed by atoms with van der Waals surface area (Å²) in [5.74, 6) is 1.48. The van der Waals surface area contributed by atoms with Gasteiger partial charge in [-0.15, -0.1) is 0 Å². The van der Waals surface area contributed by atoms with Gasteiger partial charge in [-0.2, -0.15) is 0 Å². The molecule has 1 N–H and O–H groups in total. The van der Waals surface area contributed by atoms with Gasteiger partial charge in [-0.05, 0) is 50.8 Å². The minimum Gasteiger partial charge on any atom is -0.370 e. The Morgan fingerprint density at radius 1 is 1.00 bits per heavy atom. The highest BCUT2D eigenvalue weighted by Crippen LogP contribution is 2.19. The van der Waals surface area contributed by atoms with E-state index >= 15 is 0 Å². The van der Waals surface area contributed by atoms with Crippen LogP contribution in [0.2, 0.25) is 0 Å². The van der Waals surface area contributed by atoms with Gasteiger partial charge in [-0.25, -0.2) is 0 Å². The van der Waals surface area contributed by atoms with Crippen LogP contribution in [-0.4, -0.2) is 25.1 Å². The summed E-state index contributed by atoms with van der Waals surface area (Å²) < 4.78 is 0. The molecule has 1 unspecified atom stereocenters. The van der Waals surface area contributed by atoms with E-state index in [9.17, 15) is 0 Å². The molecule has 1 rings (SSSR count). The number of nitrogens with one attached hydrogen (secondary N) is 1. The Morgan fingerprint density at radius 3 is 1.95 bits per heavy atom. The number of hydrogen-bond donors (Lipinski definition) is 1. The van der Waals surface area contributed by atoms with Crippen LogP contribution in [0.15, 0.2) is 18.3 Å². The molecule has 0 aliphatic carbocycles. The number of aromatic nitrogens is 1. The molecule has 1 aromatic rings. The highest BCUT2D eigenvalue weighted by molar-refractivity contribution is 5.44. The van der Waals surface area contributed by atoms with E-state index in [-0.39, 0.29) is 0 Å². The van der Waals surface area contributed by atoms with Crippen molar-refractivity contribution in [2.45, 2.75) is 53.5 Å². The summed E-state index contributed by atoms with van der Waals surface area (Å²) in [6, 6.07) is 4.67. The van der Waals surface area contributed by atoms with E-state index in [2.05, 4.69) is 62.0 Å². The highest BCUT2D eigenvalue weighted by atomic mass is 15.1. The second-order valence-corrected chi connectivity index (χ2v) is 6.80. The maximum atomic E-state index is 4.62. The molecule has 0 aliphatic heterocycles. The van der Waals surface area contributed by atoms with Crippen molar-refractivity contribution in [3.8, 4) is 0 Å². The summed E-state index contributed by atoms with van der Waals surface area (Å²) in [5, 5.41) is 3.23. The lowest BCUT2D eigenvalue weighted by atomic mass is 10.1. The summed E-state index contributed by atoms with van der Waals surface area (Å²) >= 11 is 0. The van der Waals surface area contributed by atoms with Gasteiger partial charge in [0.1, 0.15) is 0 Å². The lowest BCUT2D eigenvalue weighted by Gasteiger charge is -2.26. The molecule has 1 atom stereocenters. The van der Waals surface area contributed by atoms with Crippen LogP contribution in [-0.2, 0) is 0 Å². The molecule has 0 bridgehead atoms. The minimum absolute atomic E-state index is 0.304. The predicted octanol–water partition coefficient (Wildman–Crippen LogP) is 4.26.